The lowest BCUT2D eigenvalue weighted by molar-refractivity contribution is 0.116. The molecular weight excluding hydrogens is 112 g/mol. The number of hydrogen-bond acceptors (Lipinski definition) is 1. The van der Waals surface area contributed by atoms with E-state index in [1.165, 1.54) is 0 Å². The molecule has 0 saturated heterocycles. The fourth-order valence-corrected chi connectivity index (χ4v) is 0.804. The molecule has 1 nitrogen and oxygen atoms in total. The van der Waals surface area contributed by atoms with Crippen molar-refractivity contribution in [1.29, 1.82) is 0 Å². The normalized spacial score (nSPS) is 17.3. The quantitative estimate of drug-likeness (QED) is 0.615. The van der Waals surface area contributed by atoms with Gasteiger partial charge in [-0.25, -0.2) is 0 Å². The van der Waals surface area contributed by atoms with E-state index in [1.807, 2.05) is 0 Å². The highest BCUT2D eigenvalue weighted by molar-refractivity contribution is 4.68. The molecule has 1 unspecified atom stereocenters. The maximum Gasteiger partial charge on any atom is 0.0568 e. The maximum atomic E-state index is 9.26. The Labute approximate surface area is 58.1 Å². The first kappa shape index (κ1) is 8.96. The van der Waals surface area contributed by atoms with E-state index >= 15 is 0 Å². The van der Waals surface area contributed by atoms with Crippen LogP contribution in [0, 0.1) is 12.8 Å². The summed E-state index contributed by atoms with van der Waals surface area (Å²) < 4.78 is 0. The molecule has 1 N–H and O–H groups in total. The standard InChI is InChI=1S/C8H17O/c1-4-6-8(9)7(3)5-2/h7-9H,3-6H2,1-2H3/t7-,8?/m1/s1. The predicted molar refractivity (Wildman–Crippen MR) is 40.1 cm³/mol. The van der Waals surface area contributed by atoms with Crippen molar-refractivity contribution in [1.82, 2.24) is 0 Å². The van der Waals surface area contributed by atoms with Gasteiger partial charge < -0.3 is 5.11 Å². The van der Waals surface area contributed by atoms with Crippen molar-refractivity contribution in [2.24, 2.45) is 5.92 Å². The van der Waals surface area contributed by atoms with Gasteiger partial charge in [-0.2, -0.15) is 0 Å². The van der Waals surface area contributed by atoms with Crippen molar-refractivity contribution in [3.8, 4) is 0 Å². The summed E-state index contributed by atoms with van der Waals surface area (Å²) in [6.07, 6.45) is 2.73. The van der Waals surface area contributed by atoms with E-state index in [0.717, 1.165) is 19.3 Å². The molecule has 2 atom stereocenters. The van der Waals surface area contributed by atoms with Crippen LogP contribution in [0.2, 0.25) is 0 Å². The van der Waals surface area contributed by atoms with Crippen LogP contribution in [0.3, 0.4) is 0 Å². The van der Waals surface area contributed by atoms with E-state index in [-0.39, 0.29) is 12.0 Å². The van der Waals surface area contributed by atoms with E-state index in [4.69, 9.17) is 0 Å². The van der Waals surface area contributed by atoms with Gasteiger partial charge in [-0.3, -0.25) is 0 Å². The molecule has 0 fully saturated rings. The van der Waals surface area contributed by atoms with Crippen LogP contribution in [0.1, 0.15) is 33.1 Å². The van der Waals surface area contributed by atoms with Gasteiger partial charge in [-0.05, 0) is 19.3 Å². The van der Waals surface area contributed by atoms with Gasteiger partial charge in [0.25, 0.3) is 0 Å². The van der Waals surface area contributed by atoms with Gasteiger partial charge in [0.05, 0.1) is 6.10 Å². The van der Waals surface area contributed by atoms with E-state index in [1.54, 1.807) is 0 Å². The Hall–Kier alpha value is -0.0400. The minimum absolute atomic E-state index is 0.181. The summed E-state index contributed by atoms with van der Waals surface area (Å²) in [6, 6.07) is 0. The fourth-order valence-electron chi connectivity index (χ4n) is 0.804. The number of aliphatic hydroxyl groups is 1. The summed E-state index contributed by atoms with van der Waals surface area (Å²) >= 11 is 0. The van der Waals surface area contributed by atoms with Crippen LogP contribution in [0.25, 0.3) is 0 Å². The molecule has 0 heterocycles. The molecule has 0 aromatic rings. The van der Waals surface area contributed by atoms with Gasteiger partial charge >= 0.3 is 0 Å². The van der Waals surface area contributed by atoms with Crippen molar-refractivity contribution in [3.63, 3.8) is 0 Å². The fraction of sp³-hybridized carbons (Fsp3) is 0.875. The van der Waals surface area contributed by atoms with Crippen LogP contribution in [0.5, 0.6) is 0 Å². The number of aliphatic hydroxyl groups excluding tert-OH is 1. The van der Waals surface area contributed by atoms with E-state index < -0.39 is 0 Å². The molecule has 0 saturated carbocycles. The second kappa shape index (κ2) is 4.80. The molecule has 0 aliphatic heterocycles. The largest absolute Gasteiger partial charge is 0.393 e. The smallest absolute Gasteiger partial charge is 0.0568 e. The first-order chi connectivity index (χ1) is 4.22. The second-order valence-electron chi connectivity index (χ2n) is 2.52. The summed E-state index contributed by atoms with van der Waals surface area (Å²) in [5, 5.41) is 9.26. The first-order valence-corrected chi connectivity index (χ1v) is 3.73. The van der Waals surface area contributed by atoms with E-state index in [9.17, 15) is 5.11 Å². The Morgan fingerprint density at radius 1 is 1.44 bits per heavy atom. The van der Waals surface area contributed by atoms with Gasteiger partial charge in [0.1, 0.15) is 0 Å². The third-order valence-electron chi connectivity index (χ3n) is 1.65. The highest BCUT2D eigenvalue weighted by atomic mass is 16.3. The molecule has 1 heteroatoms. The van der Waals surface area contributed by atoms with Gasteiger partial charge in [0.15, 0.2) is 0 Å². The van der Waals surface area contributed by atoms with Gasteiger partial charge in [-0.1, -0.05) is 26.7 Å². The molecule has 0 spiro atoms. The third kappa shape index (κ3) is 3.52. The average molecular weight is 129 g/mol. The Balaban J connectivity index is 3.32. The first-order valence-electron chi connectivity index (χ1n) is 3.73. The monoisotopic (exact) mass is 129 g/mol. The van der Waals surface area contributed by atoms with Crippen molar-refractivity contribution in [2.45, 2.75) is 39.2 Å². The Bertz CT molecular complexity index is 61.6. The van der Waals surface area contributed by atoms with Crippen LogP contribution in [0.15, 0.2) is 0 Å². The molecule has 0 aromatic heterocycles. The van der Waals surface area contributed by atoms with Crippen LogP contribution in [0.4, 0.5) is 0 Å². The lowest BCUT2D eigenvalue weighted by Gasteiger charge is -2.15. The van der Waals surface area contributed by atoms with Crippen LogP contribution in [-0.4, -0.2) is 11.2 Å². The molecule has 55 valence electrons. The van der Waals surface area contributed by atoms with Crippen molar-refractivity contribution < 1.29 is 5.11 Å². The minimum atomic E-state index is -0.181. The molecule has 0 aliphatic carbocycles. The van der Waals surface area contributed by atoms with Crippen molar-refractivity contribution in [2.75, 3.05) is 0 Å². The lowest BCUT2D eigenvalue weighted by atomic mass is 9.98. The average Bonchev–Trinajstić information content (AvgIpc) is 1.87. The number of hydrogen-bond donors (Lipinski definition) is 1. The van der Waals surface area contributed by atoms with Crippen LogP contribution >= 0.6 is 0 Å². The van der Waals surface area contributed by atoms with Crippen LogP contribution in [-0.2, 0) is 0 Å². The zero-order valence-corrected chi connectivity index (χ0v) is 6.43. The molecule has 0 amide bonds. The maximum absolute atomic E-state index is 9.26. The predicted octanol–water partition coefficient (Wildman–Crippen LogP) is 2.01. The molecule has 9 heavy (non-hydrogen) atoms. The van der Waals surface area contributed by atoms with Crippen molar-refractivity contribution in [3.05, 3.63) is 6.92 Å². The molecule has 0 aliphatic rings. The summed E-state index contributed by atoms with van der Waals surface area (Å²) in [4.78, 5) is 0. The third-order valence-corrected chi connectivity index (χ3v) is 1.65. The summed E-state index contributed by atoms with van der Waals surface area (Å²) in [6.45, 7) is 7.95. The second-order valence-corrected chi connectivity index (χ2v) is 2.52. The molecular formula is C8H17O. The summed E-state index contributed by atoms with van der Waals surface area (Å²) in [5.41, 5.74) is 0. The summed E-state index contributed by atoms with van der Waals surface area (Å²) in [5.74, 6) is 0.227. The summed E-state index contributed by atoms with van der Waals surface area (Å²) in [7, 11) is 0. The SMILES string of the molecule is [CH2][C@H](CC)C(O)CCC. The lowest BCUT2D eigenvalue weighted by Crippen LogP contribution is -2.16. The van der Waals surface area contributed by atoms with Gasteiger partial charge in [0.2, 0.25) is 0 Å². The van der Waals surface area contributed by atoms with E-state index in [2.05, 4.69) is 20.8 Å². The Kier molecular flexibility index (Phi) is 4.78. The highest BCUT2D eigenvalue weighted by Gasteiger charge is 2.09. The zero-order chi connectivity index (χ0) is 7.28. The minimum Gasteiger partial charge on any atom is -0.393 e. The molecule has 0 aromatic carbocycles. The zero-order valence-electron chi connectivity index (χ0n) is 6.43. The molecule has 1 radical (unpaired) electrons. The van der Waals surface area contributed by atoms with Crippen molar-refractivity contribution >= 4 is 0 Å². The Morgan fingerprint density at radius 3 is 2.33 bits per heavy atom. The highest BCUT2D eigenvalue weighted by Crippen LogP contribution is 2.10. The van der Waals surface area contributed by atoms with E-state index in [0.29, 0.717) is 0 Å². The molecule has 0 bridgehead atoms. The topological polar surface area (TPSA) is 20.2 Å². The van der Waals surface area contributed by atoms with Gasteiger partial charge in [0, 0.05) is 0 Å². The van der Waals surface area contributed by atoms with Gasteiger partial charge in [-0.15, -0.1) is 0 Å². The number of rotatable bonds is 4. The van der Waals surface area contributed by atoms with Crippen LogP contribution < -0.4 is 0 Å². The Morgan fingerprint density at radius 2 is 2.00 bits per heavy atom. The molecule has 0 rings (SSSR count).